The van der Waals surface area contributed by atoms with E-state index >= 15 is 0 Å². The van der Waals surface area contributed by atoms with E-state index in [1.165, 1.54) is 0 Å². The van der Waals surface area contributed by atoms with Crippen LogP contribution in [-0.4, -0.2) is 44.7 Å². The van der Waals surface area contributed by atoms with Gasteiger partial charge in [-0.1, -0.05) is 0 Å². The topological polar surface area (TPSA) is 107 Å². The van der Waals surface area contributed by atoms with Gasteiger partial charge in [0.15, 0.2) is 0 Å². The van der Waals surface area contributed by atoms with Crippen LogP contribution in [0.15, 0.2) is 10.6 Å². The number of anilines is 1. The molecule has 1 aromatic rings. The summed E-state index contributed by atoms with van der Waals surface area (Å²) in [5.41, 5.74) is 0. The first-order valence-electron chi connectivity index (χ1n) is 5.57. The van der Waals surface area contributed by atoms with Crippen molar-refractivity contribution in [2.45, 2.75) is 6.42 Å². The minimum atomic E-state index is -4.65. The van der Waals surface area contributed by atoms with Gasteiger partial charge < -0.3 is 9.15 Å². The first kappa shape index (κ1) is 14.4. The third-order valence-corrected chi connectivity index (χ3v) is 3.62. The minimum Gasteiger partial charge on any atom is -0.463 e. The summed E-state index contributed by atoms with van der Waals surface area (Å²) in [5.74, 6) is -2.79. The number of methoxy groups -OCH3 is 1. The van der Waals surface area contributed by atoms with Gasteiger partial charge >= 0.3 is 22.2 Å². The standard InChI is InChI=1S/C10H11FN2O6S/c1-18-9(15)7-3-12-10(19-7)13-4-6(2-8(13)14)5-20(11,16)17/h3,6H,2,4-5H2,1H3. The summed E-state index contributed by atoms with van der Waals surface area (Å²) in [5, 5.41) is 0. The van der Waals surface area contributed by atoms with Crippen LogP contribution in [0.5, 0.6) is 0 Å². The zero-order chi connectivity index (χ0) is 14.9. The molecule has 1 aromatic heterocycles. The number of aromatic nitrogens is 1. The van der Waals surface area contributed by atoms with Gasteiger partial charge in [-0.25, -0.2) is 9.78 Å². The van der Waals surface area contributed by atoms with Crippen molar-refractivity contribution in [3.63, 3.8) is 0 Å². The lowest BCUT2D eigenvalue weighted by Gasteiger charge is -2.10. The van der Waals surface area contributed by atoms with Crippen molar-refractivity contribution in [2.24, 2.45) is 5.92 Å². The second-order valence-electron chi connectivity index (χ2n) is 4.28. The maximum Gasteiger partial charge on any atom is 0.375 e. The average Bonchev–Trinajstić information content (AvgIpc) is 2.92. The third kappa shape index (κ3) is 3.13. The second kappa shape index (κ2) is 5.19. The van der Waals surface area contributed by atoms with Crippen molar-refractivity contribution in [1.29, 1.82) is 0 Å². The molecule has 1 amide bonds. The molecule has 110 valence electrons. The molecule has 0 spiro atoms. The molecule has 2 rings (SSSR count). The molecule has 20 heavy (non-hydrogen) atoms. The fraction of sp³-hybridized carbons (Fsp3) is 0.500. The number of hydrogen-bond acceptors (Lipinski definition) is 7. The van der Waals surface area contributed by atoms with E-state index in [1.807, 2.05) is 0 Å². The SMILES string of the molecule is COC(=O)c1cnc(N2CC(CS(=O)(=O)F)CC2=O)o1. The smallest absolute Gasteiger partial charge is 0.375 e. The lowest BCUT2D eigenvalue weighted by molar-refractivity contribution is -0.117. The number of rotatable bonds is 4. The Labute approximate surface area is 113 Å². The summed E-state index contributed by atoms with van der Waals surface area (Å²) in [6.07, 6.45) is 0.965. The molecule has 2 heterocycles. The molecule has 10 heteroatoms. The first-order valence-corrected chi connectivity index (χ1v) is 7.12. The van der Waals surface area contributed by atoms with Gasteiger partial charge in [-0.05, 0) is 0 Å². The van der Waals surface area contributed by atoms with Crippen LogP contribution < -0.4 is 4.90 Å². The molecule has 1 saturated heterocycles. The molecular formula is C10H11FN2O6S. The number of hydrogen-bond donors (Lipinski definition) is 0. The fourth-order valence-electron chi connectivity index (χ4n) is 1.94. The maximum atomic E-state index is 12.6. The molecule has 0 bridgehead atoms. The number of carbonyl (C=O) groups excluding carboxylic acids is 2. The Kier molecular flexibility index (Phi) is 3.75. The number of halogens is 1. The molecule has 0 aliphatic carbocycles. The second-order valence-corrected chi connectivity index (χ2v) is 5.69. The molecule has 1 unspecified atom stereocenters. The highest BCUT2D eigenvalue weighted by atomic mass is 32.3. The number of nitrogens with zero attached hydrogens (tertiary/aromatic N) is 2. The number of ether oxygens (including phenoxy) is 1. The van der Waals surface area contributed by atoms with E-state index < -0.39 is 33.8 Å². The lowest BCUT2D eigenvalue weighted by Crippen LogP contribution is -2.25. The minimum absolute atomic E-state index is 0.0386. The van der Waals surface area contributed by atoms with Gasteiger partial charge in [0.2, 0.25) is 11.7 Å². The molecule has 1 fully saturated rings. The highest BCUT2D eigenvalue weighted by Crippen LogP contribution is 2.26. The van der Waals surface area contributed by atoms with Crippen LogP contribution in [0, 0.1) is 5.92 Å². The van der Waals surface area contributed by atoms with Gasteiger partial charge in [-0.2, -0.15) is 8.42 Å². The Balaban J connectivity index is 2.12. The quantitative estimate of drug-likeness (QED) is 0.574. The van der Waals surface area contributed by atoms with Gasteiger partial charge in [0.25, 0.3) is 0 Å². The van der Waals surface area contributed by atoms with Gasteiger partial charge in [0.1, 0.15) is 0 Å². The Bertz CT molecular complexity index is 640. The number of amides is 1. The zero-order valence-electron chi connectivity index (χ0n) is 10.4. The Morgan fingerprint density at radius 1 is 1.65 bits per heavy atom. The number of oxazole rings is 1. The maximum absolute atomic E-state index is 12.6. The van der Waals surface area contributed by atoms with Crippen LogP contribution >= 0.6 is 0 Å². The van der Waals surface area contributed by atoms with Crippen molar-refractivity contribution in [3.8, 4) is 0 Å². The molecule has 0 aromatic carbocycles. The molecule has 0 radical (unpaired) electrons. The summed E-state index contributed by atoms with van der Waals surface area (Å²) in [6.45, 7) is -0.0386. The van der Waals surface area contributed by atoms with Crippen molar-refractivity contribution in [1.82, 2.24) is 4.98 Å². The van der Waals surface area contributed by atoms with Gasteiger partial charge in [0.05, 0.1) is 19.1 Å². The van der Waals surface area contributed by atoms with Crippen molar-refractivity contribution >= 4 is 28.1 Å². The van der Waals surface area contributed by atoms with E-state index in [-0.39, 0.29) is 24.7 Å². The molecule has 0 N–H and O–H groups in total. The van der Waals surface area contributed by atoms with Gasteiger partial charge in [0, 0.05) is 18.9 Å². The predicted octanol–water partition coefficient (Wildman–Crippen LogP) is 0.113. The summed E-state index contributed by atoms with van der Waals surface area (Å²) in [7, 11) is -3.49. The largest absolute Gasteiger partial charge is 0.463 e. The van der Waals surface area contributed by atoms with Crippen molar-refractivity contribution in [2.75, 3.05) is 24.3 Å². The van der Waals surface area contributed by atoms with E-state index in [0.717, 1.165) is 18.2 Å². The highest BCUT2D eigenvalue weighted by molar-refractivity contribution is 7.86. The molecular weight excluding hydrogens is 295 g/mol. The van der Waals surface area contributed by atoms with E-state index in [4.69, 9.17) is 4.42 Å². The first-order chi connectivity index (χ1) is 9.30. The summed E-state index contributed by atoms with van der Waals surface area (Å²) in [4.78, 5) is 27.7. The Morgan fingerprint density at radius 2 is 2.35 bits per heavy atom. The van der Waals surface area contributed by atoms with Crippen LogP contribution in [0.3, 0.4) is 0 Å². The van der Waals surface area contributed by atoms with Crippen LogP contribution in [0.2, 0.25) is 0 Å². The normalized spacial score (nSPS) is 19.4. The van der Waals surface area contributed by atoms with Crippen molar-refractivity contribution < 1.29 is 31.0 Å². The molecule has 1 aliphatic heterocycles. The molecule has 8 nitrogen and oxygen atoms in total. The van der Waals surface area contributed by atoms with Gasteiger partial charge in [-0.15, -0.1) is 3.89 Å². The van der Waals surface area contributed by atoms with Crippen LogP contribution in [0.4, 0.5) is 9.90 Å². The number of esters is 1. The summed E-state index contributed by atoms with van der Waals surface area (Å²) < 4.78 is 43.2. The summed E-state index contributed by atoms with van der Waals surface area (Å²) >= 11 is 0. The Morgan fingerprint density at radius 3 is 2.95 bits per heavy atom. The molecule has 0 saturated carbocycles. The molecule has 1 aliphatic rings. The Hall–Kier alpha value is -1.97. The predicted molar refractivity (Wildman–Crippen MR) is 63.2 cm³/mol. The van der Waals surface area contributed by atoms with Gasteiger partial charge in [-0.3, -0.25) is 9.69 Å². The van der Waals surface area contributed by atoms with E-state index in [9.17, 15) is 21.9 Å². The number of carbonyl (C=O) groups is 2. The average molecular weight is 306 g/mol. The van der Waals surface area contributed by atoms with Crippen molar-refractivity contribution in [3.05, 3.63) is 12.0 Å². The highest BCUT2D eigenvalue weighted by Gasteiger charge is 2.36. The van der Waals surface area contributed by atoms with Crippen LogP contribution in [0.25, 0.3) is 0 Å². The molecule has 1 atom stereocenters. The van der Waals surface area contributed by atoms with Crippen LogP contribution in [0.1, 0.15) is 17.0 Å². The van der Waals surface area contributed by atoms with E-state index in [0.29, 0.717) is 0 Å². The van der Waals surface area contributed by atoms with E-state index in [2.05, 4.69) is 9.72 Å². The lowest BCUT2D eigenvalue weighted by atomic mass is 10.1. The van der Waals surface area contributed by atoms with Crippen LogP contribution in [-0.2, 0) is 19.8 Å². The van der Waals surface area contributed by atoms with E-state index in [1.54, 1.807) is 0 Å². The zero-order valence-corrected chi connectivity index (χ0v) is 11.2. The summed E-state index contributed by atoms with van der Waals surface area (Å²) in [6, 6.07) is -0.144. The fourth-order valence-corrected chi connectivity index (χ4v) is 2.73. The third-order valence-electron chi connectivity index (χ3n) is 2.75. The monoisotopic (exact) mass is 306 g/mol.